The highest BCUT2D eigenvalue weighted by molar-refractivity contribution is 7.57. The minimum absolute atomic E-state index is 0.0237. The van der Waals surface area contributed by atoms with Crippen LogP contribution in [0, 0.1) is 17.2 Å². The highest BCUT2D eigenvalue weighted by Gasteiger charge is 2.28. The predicted molar refractivity (Wildman–Crippen MR) is 137 cm³/mol. The van der Waals surface area contributed by atoms with E-state index in [9.17, 15) is 9.47 Å². The highest BCUT2D eigenvalue weighted by atomic mass is 31.2. The van der Waals surface area contributed by atoms with Crippen molar-refractivity contribution in [2.45, 2.75) is 79.6 Å². The standard InChI is InChI=1S/C23H39N6O5P/c1-8-9-22(4,5)10-11-23(6,7)33-12-13-34-35(31,28-30)16-32-17(2)14-29-15-25-19-20(24)26-18(3)27-21(19)29/h8-9,15,17H,10-14,16H2,1-7H3,(H2,24,26,27)/b9-8-/t17-,35?/m1/s1. The number of rotatable bonds is 15. The van der Waals surface area contributed by atoms with Crippen LogP contribution in [0.5, 0.6) is 0 Å². The zero-order chi connectivity index (χ0) is 26.3. The zero-order valence-corrected chi connectivity index (χ0v) is 22.7. The molecule has 12 heteroatoms. The smallest absolute Gasteiger partial charge is 0.377 e. The summed E-state index contributed by atoms with van der Waals surface area (Å²) in [4.78, 5) is 26.7. The monoisotopic (exact) mass is 510 g/mol. The van der Waals surface area contributed by atoms with Gasteiger partial charge in [0.05, 0.1) is 37.8 Å². The molecule has 0 aliphatic heterocycles. The molecular weight excluding hydrogens is 471 g/mol. The predicted octanol–water partition coefficient (Wildman–Crippen LogP) is 5.23. The molecule has 2 heterocycles. The molecule has 0 saturated carbocycles. The van der Waals surface area contributed by atoms with Gasteiger partial charge < -0.3 is 24.3 Å². The number of aromatic nitrogens is 4. The summed E-state index contributed by atoms with van der Waals surface area (Å²) < 4.78 is 31.3. The molecule has 0 aliphatic carbocycles. The van der Waals surface area contributed by atoms with Crippen molar-refractivity contribution in [2.75, 3.05) is 25.3 Å². The third-order valence-corrected chi connectivity index (χ3v) is 6.87. The van der Waals surface area contributed by atoms with Gasteiger partial charge in [-0.25, -0.2) is 15.0 Å². The van der Waals surface area contributed by atoms with Crippen LogP contribution in [-0.2, 0) is 25.1 Å². The van der Waals surface area contributed by atoms with Crippen LogP contribution in [0.15, 0.2) is 23.4 Å². The van der Waals surface area contributed by atoms with Crippen molar-refractivity contribution < 1.29 is 18.6 Å². The zero-order valence-electron chi connectivity index (χ0n) is 21.9. The second-order valence-corrected chi connectivity index (χ2v) is 11.9. The molecule has 2 N–H and O–H groups in total. The minimum atomic E-state index is -3.85. The maximum absolute atomic E-state index is 12.7. The summed E-state index contributed by atoms with van der Waals surface area (Å²) >= 11 is 0. The summed E-state index contributed by atoms with van der Waals surface area (Å²) in [5.41, 5.74) is 6.67. The van der Waals surface area contributed by atoms with Gasteiger partial charge in [-0.1, -0.05) is 26.0 Å². The van der Waals surface area contributed by atoms with Gasteiger partial charge >= 0.3 is 7.52 Å². The lowest BCUT2D eigenvalue weighted by molar-refractivity contribution is -0.0400. The van der Waals surface area contributed by atoms with Gasteiger partial charge in [0.1, 0.15) is 17.7 Å². The Bertz CT molecular complexity index is 1070. The Morgan fingerprint density at radius 3 is 2.60 bits per heavy atom. The number of fused-ring (bicyclic) bond motifs is 1. The third kappa shape index (κ3) is 9.07. The maximum Gasteiger partial charge on any atom is 0.377 e. The summed E-state index contributed by atoms with van der Waals surface area (Å²) in [6.07, 6.45) is 6.76. The van der Waals surface area contributed by atoms with E-state index in [1.165, 1.54) is 0 Å². The second kappa shape index (κ2) is 12.2. The van der Waals surface area contributed by atoms with Crippen molar-refractivity contribution in [3.8, 4) is 0 Å². The summed E-state index contributed by atoms with van der Waals surface area (Å²) in [5.74, 6) is 0.829. The number of hydrogen-bond acceptors (Lipinski definition) is 9. The molecule has 1 unspecified atom stereocenters. The minimum Gasteiger partial charge on any atom is -0.382 e. The van der Waals surface area contributed by atoms with Crippen molar-refractivity contribution in [3.63, 3.8) is 0 Å². The SMILES string of the molecule is C/C=C\C(C)(C)CCC(C)(C)OCCOP(=O)(CO[C@H](C)Cn1cnc2c(N)nc(C)nc21)N=O. The fourth-order valence-electron chi connectivity index (χ4n) is 3.58. The highest BCUT2D eigenvalue weighted by Crippen LogP contribution is 2.48. The third-order valence-electron chi connectivity index (χ3n) is 5.56. The molecule has 11 nitrogen and oxygen atoms in total. The van der Waals surface area contributed by atoms with Crippen LogP contribution in [-0.4, -0.2) is 50.8 Å². The molecule has 0 aliphatic rings. The Morgan fingerprint density at radius 1 is 1.23 bits per heavy atom. The van der Waals surface area contributed by atoms with Crippen molar-refractivity contribution in [1.82, 2.24) is 19.5 Å². The van der Waals surface area contributed by atoms with Crippen molar-refractivity contribution in [1.29, 1.82) is 0 Å². The molecule has 196 valence electrons. The number of ether oxygens (including phenoxy) is 2. The van der Waals surface area contributed by atoms with Crippen LogP contribution in [0.4, 0.5) is 5.82 Å². The van der Waals surface area contributed by atoms with Crippen molar-refractivity contribution in [3.05, 3.63) is 29.2 Å². The Morgan fingerprint density at radius 2 is 1.94 bits per heavy atom. The number of nitroso groups, excluding NO2 is 1. The Labute approximate surface area is 207 Å². The number of hydrogen-bond donors (Lipinski definition) is 1. The molecule has 0 bridgehead atoms. The molecule has 0 saturated heterocycles. The normalized spacial score (nSPS) is 15.5. The Hall–Kier alpha value is -2.20. The number of imidazole rings is 1. The average molecular weight is 511 g/mol. The first-order valence-electron chi connectivity index (χ1n) is 11.7. The van der Waals surface area contributed by atoms with E-state index in [0.717, 1.165) is 12.8 Å². The Kier molecular flexibility index (Phi) is 10.1. The maximum atomic E-state index is 12.7. The first-order chi connectivity index (χ1) is 16.3. The van der Waals surface area contributed by atoms with E-state index in [-0.39, 0.29) is 24.2 Å². The first-order valence-corrected chi connectivity index (χ1v) is 13.5. The molecular formula is C23H39N6O5P. The molecule has 0 radical (unpaired) electrons. The topological polar surface area (TPSA) is 144 Å². The molecule has 0 fully saturated rings. The molecule has 0 amide bonds. The van der Waals surface area contributed by atoms with E-state index in [0.29, 0.717) is 29.4 Å². The molecule has 2 atom stereocenters. The summed E-state index contributed by atoms with van der Waals surface area (Å²) in [7, 11) is -3.85. The summed E-state index contributed by atoms with van der Waals surface area (Å²) in [5, 5.41) is 0. The van der Waals surface area contributed by atoms with Crippen molar-refractivity contribution >= 4 is 24.5 Å². The van der Waals surface area contributed by atoms with Gasteiger partial charge in [-0.2, -0.15) is 0 Å². The lowest BCUT2D eigenvalue weighted by atomic mass is 9.84. The van der Waals surface area contributed by atoms with E-state index < -0.39 is 20.0 Å². The van der Waals surface area contributed by atoms with Crippen LogP contribution in [0.1, 0.15) is 60.2 Å². The van der Waals surface area contributed by atoms with Crippen LogP contribution in [0.2, 0.25) is 0 Å². The van der Waals surface area contributed by atoms with E-state index in [2.05, 4.69) is 45.9 Å². The molecule has 35 heavy (non-hydrogen) atoms. The molecule has 0 spiro atoms. The van der Waals surface area contributed by atoms with E-state index >= 15 is 0 Å². The lowest BCUT2D eigenvalue weighted by Crippen LogP contribution is -2.28. The van der Waals surface area contributed by atoms with Crippen molar-refractivity contribution in [2.24, 2.45) is 10.4 Å². The second-order valence-electron chi connectivity index (χ2n) is 9.98. The van der Waals surface area contributed by atoms with Gasteiger partial charge in [0.2, 0.25) is 0 Å². The number of anilines is 1. The van der Waals surface area contributed by atoms with Gasteiger partial charge in [0.15, 0.2) is 11.5 Å². The Balaban J connectivity index is 1.81. The van der Waals surface area contributed by atoms with Crippen LogP contribution >= 0.6 is 7.52 Å². The van der Waals surface area contributed by atoms with Gasteiger partial charge in [-0.15, -0.1) is 4.91 Å². The number of nitrogens with zero attached hydrogens (tertiary/aromatic N) is 5. The lowest BCUT2D eigenvalue weighted by Gasteiger charge is -2.30. The number of nitrogen functional groups attached to an aromatic ring is 1. The summed E-state index contributed by atoms with van der Waals surface area (Å²) in [6, 6.07) is 0. The van der Waals surface area contributed by atoms with Gasteiger partial charge in [-0.3, -0.25) is 4.57 Å². The quantitative estimate of drug-likeness (QED) is 0.147. The van der Waals surface area contributed by atoms with Gasteiger partial charge in [0, 0.05) is 4.95 Å². The number of aryl methyl sites for hydroxylation is 1. The fraction of sp³-hybridized carbons (Fsp3) is 0.696. The van der Waals surface area contributed by atoms with E-state index in [1.807, 2.05) is 20.8 Å². The molecule has 0 aromatic carbocycles. The molecule has 2 rings (SSSR count). The largest absolute Gasteiger partial charge is 0.382 e. The van der Waals surface area contributed by atoms with Crippen LogP contribution < -0.4 is 5.73 Å². The average Bonchev–Trinajstić information content (AvgIpc) is 3.17. The van der Waals surface area contributed by atoms with Gasteiger partial charge in [-0.05, 0) is 52.9 Å². The van der Waals surface area contributed by atoms with E-state index in [4.69, 9.17) is 19.7 Å². The molecule has 2 aromatic heterocycles. The summed E-state index contributed by atoms with van der Waals surface area (Å²) in [6.45, 7) is 14.4. The van der Waals surface area contributed by atoms with Crippen LogP contribution in [0.3, 0.4) is 0 Å². The first kappa shape index (κ1) is 29.0. The van der Waals surface area contributed by atoms with E-state index in [1.54, 1.807) is 24.7 Å². The number of allylic oxidation sites excluding steroid dienone is 2. The number of nitrogens with two attached hydrogens (primary N) is 1. The fourth-order valence-corrected chi connectivity index (χ4v) is 4.55. The molecule has 2 aromatic rings. The van der Waals surface area contributed by atoms with Gasteiger partial charge in [0.25, 0.3) is 0 Å². The van der Waals surface area contributed by atoms with Crippen LogP contribution in [0.25, 0.3) is 11.2 Å².